The molecule has 0 bridgehead atoms. The van der Waals surface area contributed by atoms with Gasteiger partial charge in [-0.05, 0) is 50.4 Å². The minimum Gasteiger partial charge on any atom is -0.497 e. The smallest absolute Gasteiger partial charge is 0.401 e. The van der Waals surface area contributed by atoms with Crippen LogP contribution >= 0.6 is 24.0 Å². The minimum atomic E-state index is -4.11. The summed E-state index contributed by atoms with van der Waals surface area (Å²) in [6.07, 6.45) is -1.73. The van der Waals surface area contributed by atoms with E-state index < -0.39 is 12.7 Å². The lowest BCUT2D eigenvalue weighted by Crippen LogP contribution is -2.40. The molecule has 1 aromatic rings. The number of hydrogen-bond donors (Lipinski definition) is 2. The highest BCUT2D eigenvalue weighted by atomic mass is 127. The van der Waals surface area contributed by atoms with Crippen LogP contribution in [0, 0.1) is 5.92 Å². The summed E-state index contributed by atoms with van der Waals surface area (Å²) >= 11 is 0. The van der Waals surface area contributed by atoms with E-state index in [-0.39, 0.29) is 24.0 Å². The Balaban J connectivity index is 0.00000338. The molecule has 1 heterocycles. The molecule has 1 aliphatic rings. The monoisotopic (exact) mass is 486 g/mol. The van der Waals surface area contributed by atoms with E-state index in [2.05, 4.69) is 10.3 Å². The van der Waals surface area contributed by atoms with E-state index in [1.54, 1.807) is 7.11 Å². The number of benzene rings is 1. The van der Waals surface area contributed by atoms with E-state index in [0.29, 0.717) is 31.5 Å². The molecule has 1 fully saturated rings. The lowest BCUT2D eigenvalue weighted by Gasteiger charge is -2.32. The number of piperidine rings is 1. The first kappa shape index (κ1) is 22.8. The molecule has 5 nitrogen and oxygen atoms in total. The maximum Gasteiger partial charge on any atom is 0.401 e. The number of nitrogens with zero attached hydrogens (tertiary/aromatic N) is 2. The second-order valence-corrected chi connectivity index (χ2v) is 6.25. The van der Waals surface area contributed by atoms with Crippen molar-refractivity contribution in [3.05, 3.63) is 24.3 Å². The molecule has 148 valence electrons. The second-order valence-electron chi connectivity index (χ2n) is 6.25. The maximum absolute atomic E-state index is 12.4. The van der Waals surface area contributed by atoms with Gasteiger partial charge in [-0.25, -0.2) is 0 Å². The lowest BCUT2D eigenvalue weighted by molar-refractivity contribution is -0.148. The van der Waals surface area contributed by atoms with Gasteiger partial charge in [-0.15, -0.1) is 24.0 Å². The predicted molar refractivity (Wildman–Crippen MR) is 108 cm³/mol. The summed E-state index contributed by atoms with van der Waals surface area (Å²) in [5.41, 5.74) is 6.66. The van der Waals surface area contributed by atoms with Crippen LogP contribution in [-0.4, -0.2) is 50.3 Å². The van der Waals surface area contributed by atoms with Crippen molar-refractivity contribution in [3.63, 3.8) is 0 Å². The van der Waals surface area contributed by atoms with Crippen LogP contribution in [0.25, 0.3) is 0 Å². The summed E-state index contributed by atoms with van der Waals surface area (Å²) < 4.78 is 42.2. The van der Waals surface area contributed by atoms with Gasteiger partial charge in [0.05, 0.1) is 13.7 Å². The molecular weight excluding hydrogens is 460 g/mol. The summed E-state index contributed by atoms with van der Waals surface area (Å²) in [6, 6.07) is 7.37. The number of nitrogens with one attached hydrogen (secondary N) is 1. The number of aliphatic imine (C=N–C) groups is 1. The van der Waals surface area contributed by atoms with Crippen LogP contribution in [-0.2, 0) is 0 Å². The maximum atomic E-state index is 12.4. The summed E-state index contributed by atoms with van der Waals surface area (Å²) in [5.74, 6) is 1.45. The van der Waals surface area contributed by atoms with Crippen LogP contribution in [0.4, 0.5) is 18.9 Å². The molecule has 9 heteroatoms. The van der Waals surface area contributed by atoms with Crippen LogP contribution in [0.15, 0.2) is 29.3 Å². The first-order chi connectivity index (χ1) is 11.9. The van der Waals surface area contributed by atoms with Crippen molar-refractivity contribution in [1.82, 2.24) is 4.90 Å². The predicted octanol–water partition coefficient (Wildman–Crippen LogP) is 3.70. The van der Waals surface area contributed by atoms with E-state index in [4.69, 9.17) is 10.5 Å². The zero-order valence-corrected chi connectivity index (χ0v) is 17.1. The van der Waals surface area contributed by atoms with E-state index in [1.807, 2.05) is 24.3 Å². The molecule has 0 aromatic heterocycles. The average Bonchev–Trinajstić information content (AvgIpc) is 2.55. The molecule has 0 unspecified atom stereocenters. The molecule has 26 heavy (non-hydrogen) atoms. The fourth-order valence-electron chi connectivity index (χ4n) is 2.94. The van der Waals surface area contributed by atoms with Crippen molar-refractivity contribution in [1.29, 1.82) is 0 Å². The number of hydrogen-bond acceptors (Lipinski definition) is 3. The third kappa shape index (κ3) is 8.43. The van der Waals surface area contributed by atoms with Crippen molar-refractivity contribution < 1.29 is 17.9 Å². The molecule has 0 aliphatic carbocycles. The molecule has 1 saturated heterocycles. The highest BCUT2D eigenvalue weighted by Crippen LogP contribution is 2.24. The van der Waals surface area contributed by atoms with Crippen LogP contribution < -0.4 is 15.8 Å². The third-order valence-electron chi connectivity index (χ3n) is 4.27. The molecule has 0 amide bonds. The van der Waals surface area contributed by atoms with Gasteiger partial charge < -0.3 is 15.8 Å². The van der Waals surface area contributed by atoms with Crippen LogP contribution in [0.3, 0.4) is 0 Å². The van der Waals surface area contributed by atoms with E-state index in [0.717, 1.165) is 30.7 Å². The Morgan fingerprint density at radius 2 is 2.04 bits per heavy atom. The summed E-state index contributed by atoms with van der Waals surface area (Å²) in [5, 5.41) is 3.00. The zero-order chi connectivity index (χ0) is 18.3. The molecule has 0 saturated carbocycles. The Bertz CT molecular complexity index is 575. The van der Waals surface area contributed by atoms with Gasteiger partial charge in [0.2, 0.25) is 0 Å². The molecule has 3 N–H and O–H groups in total. The number of likely N-dealkylation sites (tertiary alicyclic amines) is 1. The quantitative estimate of drug-likeness (QED) is 0.366. The number of ether oxygens (including phenoxy) is 1. The van der Waals surface area contributed by atoms with Gasteiger partial charge in [-0.2, -0.15) is 13.2 Å². The number of halogens is 4. The van der Waals surface area contributed by atoms with E-state index >= 15 is 0 Å². The number of alkyl halides is 3. The van der Waals surface area contributed by atoms with Crippen molar-refractivity contribution in [2.24, 2.45) is 16.6 Å². The van der Waals surface area contributed by atoms with Gasteiger partial charge in [-0.1, -0.05) is 6.07 Å². The Labute approximate surface area is 169 Å². The topological polar surface area (TPSA) is 62.9 Å². The van der Waals surface area contributed by atoms with Crippen molar-refractivity contribution in [3.8, 4) is 5.75 Å². The minimum absolute atomic E-state index is 0. The summed E-state index contributed by atoms with van der Waals surface area (Å²) in [4.78, 5) is 5.77. The molecule has 1 aromatic carbocycles. The highest BCUT2D eigenvalue weighted by Gasteiger charge is 2.32. The number of methoxy groups -OCH3 is 1. The molecular formula is C17H26F3IN4O. The largest absolute Gasteiger partial charge is 0.497 e. The Hall–Kier alpha value is -1.23. The average molecular weight is 486 g/mol. The summed E-state index contributed by atoms with van der Waals surface area (Å²) in [6.45, 7) is 0.735. The number of rotatable bonds is 6. The van der Waals surface area contributed by atoms with Gasteiger partial charge in [0.1, 0.15) is 5.75 Å². The standard InChI is InChI=1S/C17H25F3N4O.HI/c1-25-15-4-2-3-14(11-15)23-16(21)22-8-5-13-6-9-24(10-7-13)12-17(18,19)20;/h2-4,11,13H,5-10,12H2,1H3,(H3,21,22,23);1H. The van der Waals surface area contributed by atoms with Gasteiger partial charge in [0.25, 0.3) is 0 Å². The van der Waals surface area contributed by atoms with Gasteiger partial charge in [-0.3, -0.25) is 9.89 Å². The molecule has 0 atom stereocenters. The van der Waals surface area contributed by atoms with E-state index in [9.17, 15) is 13.2 Å². The lowest BCUT2D eigenvalue weighted by atomic mass is 9.93. The highest BCUT2D eigenvalue weighted by molar-refractivity contribution is 14.0. The Kier molecular flexibility index (Phi) is 9.48. The first-order valence-electron chi connectivity index (χ1n) is 8.36. The van der Waals surface area contributed by atoms with E-state index in [1.165, 1.54) is 4.90 Å². The number of guanidine groups is 1. The normalized spacial score (nSPS) is 16.8. The van der Waals surface area contributed by atoms with Crippen LogP contribution in [0.2, 0.25) is 0 Å². The van der Waals surface area contributed by atoms with Crippen LogP contribution in [0.1, 0.15) is 19.3 Å². The number of nitrogens with two attached hydrogens (primary N) is 1. The second kappa shape index (κ2) is 10.8. The van der Waals surface area contributed by atoms with Gasteiger partial charge in [0.15, 0.2) is 5.96 Å². The van der Waals surface area contributed by atoms with Crippen molar-refractivity contribution in [2.45, 2.75) is 25.4 Å². The first-order valence-corrected chi connectivity index (χ1v) is 8.36. The van der Waals surface area contributed by atoms with Crippen LogP contribution in [0.5, 0.6) is 5.75 Å². The van der Waals surface area contributed by atoms with Crippen molar-refractivity contribution >= 4 is 35.6 Å². The Morgan fingerprint density at radius 3 is 2.65 bits per heavy atom. The fourth-order valence-corrected chi connectivity index (χ4v) is 2.94. The molecule has 1 aliphatic heterocycles. The number of anilines is 1. The zero-order valence-electron chi connectivity index (χ0n) is 14.8. The summed E-state index contributed by atoms with van der Waals surface area (Å²) in [7, 11) is 1.59. The molecule has 0 spiro atoms. The fraction of sp³-hybridized carbons (Fsp3) is 0.588. The van der Waals surface area contributed by atoms with Crippen molar-refractivity contribution in [2.75, 3.05) is 38.6 Å². The molecule has 2 rings (SSSR count). The van der Waals surface area contributed by atoms with Gasteiger partial charge in [0, 0.05) is 18.3 Å². The molecule has 0 radical (unpaired) electrons. The Morgan fingerprint density at radius 1 is 1.35 bits per heavy atom. The van der Waals surface area contributed by atoms with Gasteiger partial charge >= 0.3 is 6.18 Å². The third-order valence-corrected chi connectivity index (χ3v) is 4.27. The SMILES string of the molecule is COc1cccc(NC(N)=NCCC2CCN(CC(F)(F)F)CC2)c1.I.